The Morgan fingerprint density at radius 3 is 3.17 bits per heavy atom. The third-order valence-electron chi connectivity index (χ3n) is 3.16. The molecule has 1 aliphatic rings. The van der Waals surface area contributed by atoms with E-state index in [9.17, 15) is 4.79 Å². The Labute approximate surface area is 107 Å². The van der Waals surface area contributed by atoms with Gasteiger partial charge in [0.1, 0.15) is 5.82 Å². The Morgan fingerprint density at radius 1 is 1.50 bits per heavy atom. The molecule has 98 valence electrons. The highest BCUT2D eigenvalue weighted by molar-refractivity contribution is 6.01. The van der Waals surface area contributed by atoms with E-state index in [-0.39, 0.29) is 5.78 Å². The van der Waals surface area contributed by atoms with Crippen LogP contribution in [0.4, 0.5) is 5.82 Å². The minimum Gasteiger partial charge on any atom is -0.383 e. The average Bonchev–Trinajstić information content (AvgIpc) is 2.61. The number of nitrogens with two attached hydrogens (primary N) is 1. The molecule has 0 atom stereocenters. The van der Waals surface area contributed by atoms with E-state index in [2.05, 4.69) is 15.2 Å². The van der Waals surface area contributed by atoms with Crippen LogP contribution in [-0.2, 0) is 0 Å². The second-order valence-corrected chi connectivity index (χ2v) is 4.75. The summed E-state index contributed by atoms with van der Waals surface area (Å²) in [6, 6.07) is 1.82. The standard InChI is InChI=1S/C13H20N4O/c1-10-7-11(13(14)16-8-10)12(18)9-17-5-2-3-15-4-6-17/h7-8,15H,2-6,9H2,1H3,(H2,14,16). The summed E-state index contributed by atoms with van der Waals surface area (Å²) in [5.41, 5.74) is 7.27. The number of hydrogen-bond donors (Lipinski definition) is 2. The van der Waals surface area contributed by atoms with Gasteiger partial charge in [0.2, 0.25) is 0 Å². The lowest BCUT2D eigenvalue weighted by Crippen LogP contribution is -2.33. The van der Waals surface area contributed by atoms with Crippen LogP contribution in [-0.4, -0.2) is 48.4 Å². The van der Waals surface area contributed by atoms with Gasteiger partial charge in [0.25, 0.3) is 0 Å². The number of ketones is 1. The number of nitrogen functional groups attached to an aromatic ring is 1. The zero-order valence-corrected chi connectivity index (χ0v) is 10.8. The van der Waals surface area contributed by atoms with Crippen LogP contribution in [0.15, 0.2) is 12.3 Å². The van der Waals surface area contributed by atoms with Crippen molar-refractivity contribution in [3.63, 3.8) is 0 Å². The minimum absolute atomic E-state index is 0.0607. The van der Waals surface area contributed by atoms with E-state index in [1.54, 1.807) is 6.20 Å². The first kappa shape index (κ1) is 13.0. The van der Waals surface area contributed by atoms with Gasteiger partial charge in [-0.25, -0.2) is 4.98 Å². The molecule has 0 aromatic carbocycles. The molecule has 0 bridgehead atoms. The second kappa shape index (κ2) is 5.93. The maximum atomic E-state index is 12.2. The van der Waals surface area contributed by atoms with Gasteiger partial charge in [0.15, 0.2) is 5.78 Å². The van der Waals surface area contributed by atoms with Crippen LogP contribution in [0.3, 0.4) is 0 Å². The lowest BCUT2D eigenvalue weighted by molar-refractivity contribution is 0.0935. The predicted octanol–water partition coefficient (Wildman–Crippen LogP) is 0.450. The summed E-state index contributed by atoms with van der Waals surface area (Å²) in [7, 11) is 0. The first-order valence-corrected chi connectivity index (χ1v) is 6.35. The summed E-state index contributed by atoms with van der Waals surface area (Å²) in [4.78, 5) is 18.4. The Kier molecular flexibility index (Phi) is 4.28. The predicted molar refractivity (Wildman–Crippen MR) is 71.6 cm³/mol. The van der Waals surface area contributed by atoms with Crippen molar-refractivity contribution in [3.05, 3.63) is 23.4 Å². The zero-order valence-electron chi connectivity index (χ0n) is 10.8. The van der Waals surface area contributed by atoms with Gasteiger partial charge in [-0.15, -0.1) is 0 Å². The van der Waals surface area contributed by atoms with E-state index in [1.165, 1.54) is 0 Å². The Morgan fingerprint density at radius 2 is 2.33 bits per heavy atom. The molecule has 5 heteroatoms. The monoisotopic (exact) mass is 248 g/mol. The van der Waals surface area contributed by atoms with Gasteiger partial charge in [-0.3, -0.25) is 9.69 Å². The van der Waals surface area contributed by atoms with Crippen LogP contribution in [0.1, 0.15) is 22.3 Å². The normalized spacial score (nSPS) is 17.4. The van der Waals surface area contributed by atoms with Crippen LogP contribution in [0, 0.1) is 6.92 Å². The number of pyridine rings is 1. The molecule has 1 aromatic rings. The fourth-order valence-corrected chi connectivity index (χ4v) is 2.15. The molecular formula is C13H20N4O. The van der Waals surface area contributed by atoms with Crippen LogP contribution >= 0.6 is 0 Å². The highest BCUT2D eigenvalue weighted by Crippen LogP contribution is 2.12. The number of nitrogens with one attached hydrogen (secondary N) is 1. The molecule has 1 aliphatic heterocycles. The summed E-state index contributed by atoms with van der Waals surface area (Å²) >= 11 is 0. The molecule has 1 saturated heterocycles. The smallest absolute Gasteiger partial charge is 0.180 e. The largest absolute Gasteiger partial charge is 0.383 e. The highest BCUT2D eigenvalue weighted by Gasteiger charge is 2.16. The number of nitrogens with zero attached hydrogens (tertiary/aromatic N) is 2. The van der Waals surface area contributed by atoms with Crippen LogP contribution in [0.5, 0.6) is 0 Å². The van der Waals surface area contributed by atoms with E-state index >= 15 is 0 Å². The maximum Gasteiger partial charge on any atom is 0.180 e. The topological polar surface area (TPSA) is 71.2 Å². The number of aromatic nitrogens is 1. The van der Waals surface area contributed by atoms with Crippen molar-refractivity contribution in [1.82, 2.24) is 15.2 Å². The number of hydrogen-bond acceptors (Lipinski definition) is 5. The second-order valence-electron chi connectivity index (χ2n) is 4.75. The van der Waals surface area contributed by atoms with Crippen LogP contribution in [0.2, 0.25) is 0 Å². The average molecular weight is 248 g/mol. The minimum atomic E-state index is 0.0607. The van der Waals surface area contributed by atoms with E-state index in [1.807, 2.05) is 13.0 Å². The molecule has 0 unspecified atom stereocenters. The summed E-state index contributed by atoms with van der Waals surface area (Å²) < 4.78 is 0. The molecule has 2 heterocycles. The molecule has 18 heavy (non-hydrogen) atoms. The van der Waals surface area contributed by atoms with Gasteiger partial charge in [0, 0.05) is 19.3 Å². The first-order valence-electron chi connectivity index (χ1n) is 6.35. The molecule has 0 radical (unpaired) electrons. The molecule has 1 aromatic heterocycles. The van der Waals surface area contributed by atoms with Crippen molar-refractivity contribution in [1.29, 1.82) is 0 Å². The number of aryl methyl sites for hydroxylation is 1. The quantitative estimate of drug-likeness (QED) is 0.760. The van der Waals surface area contributed by atoms with E-state index in [0.29, 0.717) is 17.9 Å². The third kappa shape index (κ3) is 3.27. The van der Waals surface area contributed by atoms with Gasteiger partial charge in [-0.05, 0) is 38.1 Å². The van der Waals surface area contributed by atoms with E-state index in [0.717, 1.165) is 38.2 Å². The maximum absolute atomic E-state index is 12.2. The summed E-state index contributed by atoms with van der Waals surface area (Å²) in [5.74, 6) is 0.393. The number of carbonyl (C=O) groups excluding carboxylic acids is 1. The lowest BCUT2D eigenvalue weighted by Gasteiger charge is -2.18. The van der Waals surface area contributed by atoms with Crippen LogP contribution < -0.4 is 11.1 Å². The van der Waals surface area contributed by atoms with Gasteiger partial charge >= 0.3 is 0 Å². The third-order valence-corrected chi connectivity index (χ3v) is 3.16. The number of carbonyl (C=O) groups is 1. The summed E-state index contributed by atoms with van der Waals surface area (Å²) in [6.07, 6.45) is 2.76. The van der Waals surface area contributed by atoms with E-state index in [4.69, 9.17) is 5.73 Å². The van der Waals surface area contributed by atoms with Gasteiger partial charge in [-0.1, -0.05) is 0 Å². The molecule has 2 rings (SSSR count). The molecule has 0 spiro atoms. The molecule has 0 aliphatic carbocycles. The number of rotatable bonds is 3. The van der Waals surface area contributed by atoms with Crippen LogP contribution in [0.25, 0.3) is 0 Å². The molecule has 1 fully saturated rings. The molecule has 5 nitrogen and oxygen atoms in total. The van der Waals surface area contributed by atoms with Crippen molar-refractivity contribution in [2.45, 2.75) is 13.3 Å². The SMILES string of the molecule is Cc1cnc(N)c(C(=O)CN2CCCNCC2)c1. The Bertz CT molecular complexity index is 425. The number of Topliss-reactive ketones (excluding diaryl/α,β-unsaturated/α-hetero) is 1. The number of anilines is 1. The Balaban J connectivity index is 2.04. The zero-order chi connectivity index (χ0) is 13.0. The van der Waals surface area contributed by atoms with Crippen molar-refractivity contribution in [2.75, 3.05) is 38.5 Å². The highest BCUT2D eigenvalue weighted by atomic mass is 16.1. The fourth-order valence-electron chi connectivity index (χ4n) is 2.15. The van der Waals surface area contributed by atoms with Gasteiger partial charge < -0.3 is 11.1 Å². The molecular weight excluding hydrogens is 228 g/mol. The summed E-state index contributed by atoms with van der Waals surface area (Å²) in [6.45, 7) is 6.17. The van der Waals surface area contributed by atoms with E-state index < -0.39 is 0 Å². The molecule has 3 N–H and O–H groups in total. The molecule has 0 amide bonds. The lowest BCUT2D eigenvalue weighted by atomic mass is 10.1. The van der Waals surface area contributed by atoms with Crippen molar-refractivity contribution in [3.8, 4) is 0 Å². The summed E-state index contributed by atoms with van der Waals surface area (Å²) in [5, 5.41) is 3.32. The molecule has 0 saturated carbocycles. The van der Waals surface area contributed by atoms with Crippen molar-refractivity contribution < 1.29 is 4.79 Å². The van der Waals surface area contributed by atoms with Gasteiger partial charge in [-0.2, -0.15) is 0 Å². The fraction of sp³-hybridized carbons (Fsp3) is 0.538. The van der Waals surface area contributed by atoms with Gasteiger partial charge in [0.05, 0.1) is 12.1 Å². The van der Waals surface area contributed by atoms with Crippen molar-refractivity contribution in [2.24, 2.45) is 0 Å². The Hall–Kier alpha value is -1.46. The van der Waals surface area contributed by atoms with Crippen molar-refractivity contribution >= 4 is 11.6 Å². The first-order chi connectivity index (χ1) is 8.66.